The maximum atomic E-state index is 14.3. The Hall–Kier alpha value is -3.28. The molecular weight excluding hydrogens is 760 g/mol. The molecule has 2 aliphatic carbocycles. The number of aromatic hydroxyl groups is 1. The molecule has 1 N–H and O–H groups in total. The number of hydrogen-bond acceptors (Lipinski definition) is 6. The number of rotatable bonds is 4. The molecule has 1 saturated carbocycles. The first kappa shape index (κ1) is 29.4. The molecule has 6 atom stereocenters. The second kappa shape index (κ2) is 11.0. The van der Waals surface area contributed by atoms with E-state index in [0.29, 0.717) is 27.8 Å². The molecule has 2 aliphatic heterocycles. The van der Waals surface area contributed by atoms with Gasteiger partial charge in [0.1, 0.15) is 0 Å². The van der Waals surface area contributed by atoms with E-state index in [0.717, 1.165) is 14.5 Å². The van der Waals surface area contributed by atoms with Gasteiger partial charge in [-0.05, 0) is 79.4 Å². The van der Waals surface area contributed by atoms with Crippen LogP contribution in [0.5, 0.6) is 11.5 Å². The first-order chi connectivity index (χ1) is 21.1. The van der Waals surface area contributed by atoms with Crippen molar-refractivity contribution in [3.63, 3.8) is 0 Å². The van der Waals surface area contributed by atoms with Crippen LogP contribution in [0.15, 0.2) is 85.7 Å². The van der Waals surface area contributed by atoms with Gasteiger partial charge in [0, 0.05) is 24.9 Å². The van der Waals surface area contributed by atoms with E-state index >= 15 is 0 Å². The molecule has 7 rings (SSSR count). The minimum absolute atomic E-state index is 0.129. The molecule has 0 bridgehead atoms. The van der Waals surface area contributed by atoms with E-state index in [1.54, 1.807) is 60.7 Å². The monoisotopic (exact) mass is 782 g/mol. The Bertz CT molecular complexity index is 1770. The number of phenols is 1. The maximum Gasteiger partial charge on any atom is 0.238 e. The van der Waals surface area contributed by atoms with Crippen molar-refractivity contribution >= 4 is 82.8 Å². The van der Waals surface area contributed by atoms with Crippen molar-refractivity contribution in [1.82, 2.24) is 0 Å². The molecule has 0 radical (unpaired) electrons. The predicted molar refractivity (Wildman–Crippen MR) is 173 cm³/mol. The summed E-state index contributed by atoms with van der Waals surface area (Å²) in [6, 6.07) is 17.4. The number of phenolic OH excluding ortho intramolecular Hbond substituents is 1. The molecular formula is C33H25Br3N2O6. The zero-order valence-electron chi connectivity index (χ0n) is 23.2. The zero-order valence-corrected chi connectivity index (χ0v) is 28.0. The maximum absolute atomic E-state index is 14.3. The van der Waals surface area contributed by atoms with Gasteiger partial charge in [-0.25, -0.2) is 0 Å². The normalized spacial score (nSPS) is 27.7. The fraction of sp³-hybridized carbons (Fsp3) is 0.273. The number of carbonyl (C=O) groups is 4. The molecule has 2 saturated heterocycles. The van der Waals surface area contributed by atoms with Crippen molar-refractivity contribution in [1.29, 1.82) is 0 Å². The largest absolute Gasteiger partial charge is 0.504 e. The number of hydrogen-bond donors (Lipinski definition) is 1. The van der Waals surface area contributed by atoms with Gasteiger partial charge in [-0.1, -0.05) is 59.4 Å². The van der Waals surface area contributed by atoms with Crippen LogP contribution in [0.4, 0.5) is 11.4 Å². The highest BCUT2D eigenvalue weighted by Gasteiger charge is 2.62. The standard InChI is InChI=1S/C33H25Br3N2O6/c1-44-25-13-17(36)12-23(29(25)39)26-20-10-11-21-27(32(42)37(30(21)40)18-6-2-15(34)3-7-18)22(20)14-24-28(26)33(43)38(31(24)41)19-8-4-16(35)5-9-19/h2-10,12-13,21-22,24,26-28,39H,11,14H2,1H3/t21-,22+,24+,26+,27-,28+/m0/s1. The number of halogens is 3. The Labute approximate surface area is 278 Å². The van der Waals surface area contributed by atoms with Crippen molar-refractivity contribution in [2.24, 2.45) is 29.6 Å². The van der Waals surface area contributed by atoms with E-state index in [9.17, 15) is 24.3 Å². The minimum Gasteiger partial charge on any atom is -0.504 e. The lowest BCUT2D eigenvalue weighted by Gasteiger charge is -2.44. The Morgan fingerprint density at radius 2 is 1.25 bits per heavy atom. The molecule has 2 heterocycles. The van der Waals surface area contributed by atoms with E-state index < -0.39 is 35.5 Å². The molecule has 0 unspecified atom stereocenters. The first-order valence-corrected chi connectivity index (χ1v) is 16.5. The summed E-state index contributed by atoms with van der Waals surface area (Å²) in [7, 11) is 1.45. The summed E-state index contributed by atoms with van der Waals surface area (Å²) in [6.45, 7) is 0. The van der Waals surface area contributed by atoms with Gasteiger partial charge in [0.05, 0.1) is 42.2 Å². The van der Waals surface area contributed by atoms with Crippen LogP contribution in [-0.4, -0.2) is 35.8 Å². The molecule has 0 aromatic heterocycles. The lowest BCUT2D eigenvalue weighted by molar-refractivity contribution is -0.126. The third-order valence-corrected chi connectivity index (χ3v) is 11.0. The van der Waals surface area contributed by atoms with E-state index in [-0.39, 0.29) is 41.5 Å². The summed E-state index contributed by atoms with van der Waals surface area (Å²) in [5.41, 5.74) is 2.17. The number of allylic oxidation sites excluding steroid dienone is 2. The number of nitrogens with zero attached hydrogens (tertiary/aromatic N) is 2. The highest BCUT2D eigenvalue weighted by atomic mass is 79.9. The molecule has 44 heavy (non-hydrogen) atoms. The first-order valence-electron chi connectivity index (χ1n) is 14.1. The highest BCUT2D eigenvalue weighted by molar-refractivity contribution is 9.11. The summed E-state index contributed by atoms with van der Waals surface area (Å²) in [6.07, 6.45) is 2.51. The van der Waals surface area contributed by atoms with Gasteiger partial charge in [0.25, 0.3) is 0 Å². The lowest BCUT2D eigenvalue weighted by atomic mass is 9.57. The van der Waals surface area contributed by atoms with Gasteiger partial charge < -0.3 is 9.84 Å². The molecule has 11 heteroatoms. The number of benzene rings is 3. The number of imide groups is 2. The molecule has 3 fully saturated rings. The quantitative estimate of drug-likeness (QED) is 0.233. The highest BCUT2D eigenvalue weighted by Crippen LogP contribution is 2.60. The van der Waals surface area contributed by atoms with Gasteiger partial charge in [-0.15, -0.1) is 0 Å². The number of fused-ring (bicyclic) bond motifs is 4. The van der Waals surface area contributed by atoms with Crippen molar-refractivity contribution in [2.75, 3.05) is 16.9 Å². The summed E-state index contributed by atoms with van der Waals surface area (Å²) < 4.78 is 7.72. The number of ether oxygens (including phenoxy) is 1. The van der Waals surface area contributed by atoms with Gasteiger partial charge in [0.2, 0.25) is 23.6 Å². The summed E-state index contributed by atoms with van der Waals surface area (Å²) >= 11 is 10.3. The van der Waals surface area contributed by atoms with Crippen LogP contribution in [0.25, 0.3) is 0 Å². The van der Waals surface area contributed by atoms with Crippen LogP contribution in [0, 0.1) is 29.6 Å². The molecule has 8 nitrogen and oxygen atoms in total. The zero-order chi connectivity index (χ0) is 31.0. The Balaban J connectivity index is 1.37. The lowest BCUT2D eigenvalue weighted by Crippen LogP contribution is -2.43. The van der Waals surface area contributed by atoms with Gasteiger partial charge >= 0.3 is 0 Å². The average Bonchev–Trinajstić information content (AvgIpc) is 3.42. The number of carbonyl (C=O) groups excluding carboxylic acids is 4. The van der Waals surface area contributed by atoms with Crippen molar-refractivity contribution in [3.05, 3.63) is 91.3 Å². The SMILES string of the molecule is COc1cc(Br)cc([C@H]2C3=CC[C@@H]4C(=O)N(c5ccc(Br)cc5)C(=O)[C@@H]4[C@@H]3C[C@H]3C(=O)N(c4ccc(Br)cc4)C(=O)[C@@H]23)c1O. The second-order valence-electron chi connectivity index (χ2n) is 11.5. The van der Waals surface area contributed by atoms with Crippen molar-refractivity contribution in [2.45, 2.75) is 18.8 Å². The molecule has 224 valence electrons. The molecule has 4 amide bonds. The molecule has 4 aliphatic rings. The van der Waals surface area contributed by atoms with Crippen molar-refractivity contribution < 1.29 is 29.0 Å². The summed E-state index contributed by atoms with van der Waals surface area (Å²) in [5.74, 6) is -5.26. The van der Waals surface area contributed by atoms with Crippen LogP contribution in [-0.2, 0) is 19.2 Å². The van der Waals surface area contributed by atoms with Gasteiger partial charge in [-0.2, -0.15) is 0 Å². The smallest absolute Gasteiger partial charge is 0.238 e. The topological polar surface area (TPSA) is 104 Å². The van der Waals surface area contributed by atoms with Crippen LogP contribution >= 0.6 is 47.8 Å². The van der Waals surface area contributed by atoms with Gasteiger partial charge in [0.15, 0.2) is 11.5 Å². The Morgan fingerprint density at radius 1 is 0.705 bits per heavy atom. The predicted octanol–water partition coefficient (Wildman–Crippen LogP) is 6.73. The number of amides is 4. The molecule has 3 aromatic carbocycles. The van der Waals surface area contributed by atoms with E-state index in [2.05, 4.69) is 47.8 Å². The molecule has 3 aromatic rings. The van der Waals surface area contributed by atoms with Crippen molar-refractivity contribution in [3.8, 4) is 11.5 Å². The fourth-order valence-corrected chi connectivity index (χ4v) is 8.60. The van der Waals surface area contributed by atoms with E-state index in [1.165, 1.54) is 16.9 Å². The summed E-state index contributed by atoms with van der Waals surface area (Å²) in [4.78, 5) is 58.7. The Morgan fingerprint density at radius 3 is 1.82 bits per heavy atom. The molecule has 0 spiro atoms. The van der Waals surface area contributed by atoms with Crippen LogP contribution in [0.2, 0.25) is 0 Å². The third kappa shape index (κ3) is 4.41. The number of anilines is 2. The minimum atomic E-state index is -0.815. The third-order valence-electron chi connectivity index (χ3n) is 9.44. The fourth-order valence-electron chi connectivity index (χ4n) is 7.61. The van der Waals surface area contributed by atoms with E-state index in [1.807, 2.05) is 6.08 Å². The van der Waals surface area contributed by atoms with Crippen LogP contribution in [0.3, 0.4) is 0 Å². The van der Waals surface area contributed by atoms with Crippen LogP contribution in [0.1, 0.15) is 24.3 Å². The van der Waals surface area contributed by atoms with E-state index in [4.69, 9.17) is 4.74 Å². The van der Waals surface area contributed by atoms with Gasteiger partial charge in [-0.3, -0.25) is 29.0 Å². The number of methoxy groups -OCH3 is 1. The Kier molecular flexibility index (Phi) is 7.33. The summed E-state index contributed by atoms with van der Waals surface area (Å²) in [5, 5.41) is 11.4. The van der Waals surface area contributed by atoms with Crippen LogP contribution < -0.4 is 14.5 Å². The second-order valence-corrected chi connectivity index (χ2v) is 14.3. The average molecular weight is 785 g/mol.